The van der Waals surface area contributed by atoms with Crippen LogP contribution in [0.1, 0.15) is 6.92 Å². The van der Waals surface area contributed by atoms with Crippen molar-refractivity contribution < 1.29 is 4.79 Å². The minimum atomic E-state index is -0.218. The predicted molar refractivity (Wildman–Crippen MR) is 64.8 cm³/mol. The molecule has 1 heterocycles. The number of hydrogen-bond acceptors (Lipinski definition) is 2. The quantitative estimate of drug-likeness (QED) is 0.909. The molecule has 1 N–H and O–H groups in total. The number of rotatable bonds is 3. The molecule has 0 unspecified atom stereocenters. The molecule has 1 amide bonds. The lowest BCUT2D eigenvalue weighted by atomic mass is 10.4. The highest BCUT2D eigenvalue weighted by Crippen LogP contribution is 2.12. The molecule has 0 aliphatic carbocycles. The standard InChI is InChI=1S/C9H10Br2N2O2/c1-2-12-8(14)5-13-4-6(10)3-7(11)9(13)15/h3-4H,2,5H2,1H3,(H,12,14). The zero-order valence-electron chi connectivity index (χ0n) is 8.09. The van der Waals surface area contributed by atoms with E-state index in [2.05, 4.69) is 37.2 Å². The minimum absolute atomic E-state index is 0.0325. The highest BCUT2D eigenvalue weighted by molar-refractivity contribution is 9.11. The summed E-state index contributed by atoms with van der Waals surface area (Å²) in [5.41, 5.74) is -0.218. The molecule has 0 fully saturated rings. The highest BCUT2D eigenvalue weighted by atomic mass is 79.9. The van der Waals surface area contributed by atoms with Gasteiger partial charge in [-0.15, -0.1) is 0 Å². The summed E-state index contributed by atoms with van der Waals surface area (Å²) in [6.07, 6.45) is 1.59. The van der Waals surface area contributed by atoms with Gasteiger partial charge in [0.15, 0.2) is 0 Å². The number of amides is 1. The van der Waals surface area contributed by atoms with E-state index in [-0.39, 0.29) is 18.0 Å². The van der Waals surface area contributed by atoms with Crippen molar-refractivity contribution in [2.45, 2.75) is 13.5 Å². The van der Waals surface area contributed by atoms with Gasteiger partial charge < -0.3 is 9.88 Å². The fraction of sp³-hybridized carbons (Fsp3) is 0.333. The number of halogens is 2. The zero-order chi connectivity index (χ0) is 11.4. The van der Waals surface area contributed by atoms with Crippen molar-refractivity contribution in [3.63, 3.8) is 0 Å². The molecule has 0 spiro atoms. The largest absolute Gasteiger partial charge is 0.355 e. The molecule has 6 heteroatoms. The third-order valence-corrected chi connectivity index (χ3v) is 2.70. The fourth-order valence-corrected chi connectivity index (χ4v) is 2.35. The summed E-state index contributed by atoms with van der Waals surface area (Å²) >= 11 is 6.39. The van der Waals surface area contributed by atoms with Crippen LogP contribution < -0.4 is 10.9 Å². The molecular formula is C9H10Br2N2O2. The predicted octanol–water partition coefficient (Wildman–Crippen LogP) is 1.51. The molecule has 0 atom stereocenters. The topological polar surface area (TPSA) is 51.1 Å². The summed E-state index contributed by atoms with van der Waals surface area (Å²) in [7, 11) is 0. The van der Waals surface area contributed by atoms with Gasteiger partial charge in [-0.2, -0.15) is 0 Å². The third kappa shape index (κ3) is 3.46. The average Bonchev–Trinajstić information content (AvgIpc) is 2.13. The van der Waals surface area contributed by atoms with E-state index in [0.717, 1.165) is 4.47 Å². The van der Waals surface area contributed by atoms with Gasteiger partial charge in [-0.05, 0) is 44.8 Å². The molecule has 0 radical (unpaired) electrons. The van der Waals surface area contributed by atoms with Gasteiger partial charge in [-0.25, -0.2) is 0 Å². The molecule has 4 nitrogen and oxygen atoms in total. The Balaban J connectivity index is 2.95. The van der Waals surface area contributed by atoms with E-state index in [1.165, 1.54) is 4.57 Å². The molecule has 1 rings (SSSR count). The monoisotopic (exact) mass is 336 g/mol. The Kier molecular flexibility index (Phi) is 4.53. The van der Waals surface area contributed by atoms with E-state index >= 15 is 0 Å². The summed E-state index contributed by atoms with van der Waals surface area (Å²) < 4.78 is 2.53. The Morgan fingerprint density at radius 3 is 2.80 bits per heavy atom. The van der Waals surface area contributed by atoms with E-state index in [4.69, 9.17) is 0 Å². The van der Waals surface area contributed by atoms with Crippen LogP contribution in [0.3, 0.4) is 0 Å². The van der Waals surface area contributed by atoms with Crippen LogP contribution in [0.15, 0.2) is 26.0 Å². The molecule has 0 saturated carbocycles. The van der Waals surface area contributed by atoms with Crippen LogP contribution in [-0.2, 0) is 11.3 Å². The van der Waals surface area contributed by atoms with Crippen molar-refractivity contribution in [1.82, 2.24) is 9.88 Å². The maximum absolute atomic E-state index is 11.6. The summed E-state index contributed by atoms with van der Waals surface area (Å²) in [4.78, 5) is 22.9. The maximum Gasteiger partial charge on any atom is 0.265 e. The molecule has 1 aromatic heterocycles. The first-order chi connectivity index (χ1) is 7.04. The second-order valence-electron chi connectivity index (χ2n) is 2.89. The van der Waals surface area contributed by atoms with E-state index in [1.807, 2.05) is 6.92 Å². The number of nitrogens with one attached hydrogen (secondary N) is 1. The Bertz CT molecular complexity index is 429. The number of carbonyl (C=O) groups is 1. The van der Waals surface area contributed by atoms with Gasteiger partial charge >= 0.3 is 0 Å². The first-order valence-electron chi connectivity index (χ1n) is 4.36. The molecule has 0 aliphatic heterocycles. The van der Waals surface area contributed by atoms with Crippen LogP contribution in [0.25, 0.3) is 0 Å². The summed E-state index contributed by atoms with van der Waals surface area (Å²) in [5.74, 6) is -0.176. The molecule has 15 heavy (non-hydrogen) atoms. The van der Waals surface area contributed by atoms with E-state index in [9.17, 15) is 9.59 Å². The number of aromatic nitrogens is 1. The molecule has 0 saturated heterocycles. The summed E-state index contributed by atoms with van der Waals surface area (Å²) in [5, 5.41) is 2.63. The third-order valence-electron chi connectivity index (χ3n) is 1.70. The second kappa shape index (κ2) is 5.46. The van der Waals surface area contributed by atoms with E-state index in [0.29, 0.717) is 11.0 Å². The first-order valence-corrected chi connectivity index (χ1v) is 5.95. The molecule has 0 aromatic carbocycles. The molecule has 82 valence electrons. The van der Waals surface area contributed by atoms with E-state index in [1.54, 1.807) is 12.3 Å². The van der Waals surface area contributed by atoms with Crippen LogP contribution in [0.4, 0.5) is 0 Å². The summed E-state index contributed by atoms with van der Waals surface area (Å²) in [6, 6.07) is 1.65. The van der Waals surface area contributed by atoms with Crippen LogP contribution >= 0.6 is 31.9 Å². The minimum Gasteiger partial charge on any atom is -0.355 e. The van der Waals surface area contributed by atoms with Gasteiger partial charge in [0.25, 0.3) is 5.56 Å². The van der Waals surface area contributed by atoms with E-state index < -0.39 is 0 Å². The van der Waals surface area contributed by atoms with Crippen molar-refractivity contribution in [3.05, 3.63) is 31.6 Å². The lowest BCUT2D eigenvalue weighted by Crippen LogP contribution is -2.32. The lowest BCUT2D eigenvalue weighted by Gasteiger charge is -2.06. The smallest absolute Gasteiger partial charge is 0.265 e. The lowest BCUT2D eigenvalue weighted by molar-refractivity contribution is -0.121. The van der Waals surface area contributed by atoms with Gasteiger partial charge in [0.05, 0.1) is 4.47 Å². The van der Waals surface area contributed by atoms with Gasteiger partial charge in [-0.1, -0.05) is 0 Å². The van der Waals surface area contributed by atoms with Crippen molar-refractivity contribution in [3.8, 4) is 0 Å². The Hall–Kier alpha value is -0.620. The Labute approximate surface area is 104 Å². The number of pyridine rings is 1. The van der Waals surface area contributed by atoms with Crippen molar-refractivity contribution in [2.75, 3.05) is 6.54 Å². The Morgan fingerprint density at radius 2 is 2.20 bits per heavy atom. The van der Waals surface area contributed by atoms with Crippen molar-refractivity contribution in [1.29, 1.82) is 0 Å². The normalized spacial score (nSPS) is 10.1. The fourth-order valence-electron chi connectivity index (χ4n) is 1.09. The number of hydrogen-bond donors (Lipinski definition) is 1. The van der Waals surface area contributed by atoms with Crippen LogP contribution in [0.5, 0.6) is 0 Å². The number of nitrogens with zero attached hydrogens (tertiary/aromatic N) is 1. The molecule has 0 bridgehead atoms. The van der Waals surface area contributed by atoms with Gasteiger partial charge in [0.1, 0.15) is 6.54 Å². The first kappa shape index (κ1) is 12.4. The molecule has 0 aliphatic rings. The Morgan fingerprint density at radius 1 is 1.53 bits per heavy atom. The molecular weight excluding hydrogens is 328 g/mol. The SMILES string of the molecule is CCNC(=O)Cn1cc(Br)cc(Br)c1=O. The van der Waals surface area contributed by atoms with Crippen LogP contribution in [0, 0.1) is 0 Å². The summed E-state index contributed by atoms with van der Waals surface area (Å²) in [6.45, 7) is 2.42. The highest BCUT2D eigenvalue weighted by Gasteiger charge is 2.06. The van der Waals surface area contributed by atoms with Crippen molar-refractivity contribution >= 4 is 37.8 Å². The zero-order valence-corrected chi connectivity index (χ0v) is 11.3. The van der Waals surface area contributed by atoms with Crippen molar-refractivity contribution in [2.24, 2.45) is 0 Å². The number of carbonyl (C=O) groups excluding carboxylic acids is 1. The van der Waals surface area contributed by atoms with Gasteiger partial charge in [-0.3, -0.25) is 9.59 Å². The molecule has 1 aromatic rings. The van der Waals surface area contributed by atoms with Crippen LogP contribution in [0.2, 0.25) is 0 Å². The van der Waals surface area contributed by atoms with Crippen LogP contribution in [-0.4, -0.2) is 17.0 Å². The van der Waals surface area contributed by atoms with Gasteiger partial charge in [0.2, 0.25) is 5.91 Å². The second-order valence-corrected chi connectivity index (χ2v) is 4.66. The number of likely N-dealkylation sites (N-methyl/N-ethyl adjacent to an activating group) is 1. The van der Waals surface area contributed by atoms with Gasteiger partial charge in [0, 0.05) is 17.2 Å². The maximum atomic E-state index is 11.6. The average molecular weight is 338 g/mol.